The molecule has 0 aliphatic carbocycles. The zero-order chi connectivity index (χ0) is 18.7. The van der Waals surface area contributed by atoms with Crippen LogP contribution in [0.15, 0.2) is 47.4 Å². The fraction of sp³-hybridized carbons (Fsp3) is 0.316. The second kappa shape index (κ2) is 7.37. The molecule has 0 aromatic heterocycles. The van der Waals surface area contributed by atoms with E-state index in [1.807, 2.05) is 6.92 Å². The van der Waals surface area contributed by atoms with Crippen molar-refractivity contribution in [3.63, 3.8) is 0 Å². The third-order valence-electron chi connectivity index (χ3n) is 4.41. The number of ether oxygens (including phenoxy) is 1. The molecule has 0 fully saturated rings. The van der Waals surface area contributed by atoms with Gasteiger partial charge in [-0.2, -0.15) is 0 Å². The van der Waals surface area contributed by atoms with Gasteiger partial charge in [-0.3, -0.25) is 9.10 Å². The molecule has 3 rings (SSSR count). The third kappa shape index (κ3) is 3.26. The zero-order valence-electron chi connectivity index (χ0n) is 14.9. The smallest absolute Gasteiger partial charge is 0.264 e. The Morgan fingerprint density at radius 1 is 1.19 bits per heavy atom. The number of carbonyl (C=O) groups is 1. The normalized spacial score (nSPS) is 13.4. The molecule has 0 saturated carbocycles. The number of anilines is 1. The van der Waals surface area contributed by atoms with E-state index >= 15 is 0 Å². The second-order valence-electron chi connectivity index (χ2n) is 6.06. The number of carbonyl (C=O) groups excluding carboxylic acids is 1. The summed E-state index contributed by atoms with van der Waals surface area (Å²) in [4.78, 5) is 12.6. The van der Waals surface area contributed by atoms with Gasteiger partial charge in [0.25, 0.3) is 15.9 Å². The molecule has 0 unspecified atom stereocenters. The maximum absolute atomic E-state index is 13.0. The summed E-state index contributed by atoms with van der Waals surface area (Å²) in [7, 11) is -2.16. The van der Waals surface area contributed by atoms with Gasteiger partial charge in [0.1, 0.15) is 5.75 Å². The summed E-state index contributed by atoms with van der Waals surface area (Å²) in [6, 6.07) is 11.5. The van der Waals surface area contributed by atoms with Crippen LogP contribution in [0.4, 0.5) is 5.69 Å². The van der Waals surface area contributed by atoms with E-state index in [0.717, 1.165) is 12.0 Å². The number of sulfonamides is 1. The number of fused-ring (bicyclic) bond motifs is 1. The van der Waals surface area contributed by atoms with Crippen molar-refractivity contribution in [1.29, 1.82) is 0 Å². The van der Waals surface area contributed by atoms with Crippen LogP contribution in [0.3, 0.4) is 0 Å². The molecular formula is C19H22N2O4S. The van der Waals surface area contributed by atoms with Crippen LogP contribution in [0, 0.1) is 0 Å². The highest BCUT2D eigenvalue weighted by atomic mass is 32.2. The molecule has 1 aliphatic heterocycles. The Bertz CT molecular complexity index is 908. The molecule has 1 amide bonds. The van der Waals surface area contributed by atoms with Gasteiger partial charge in [0, 0.05) is 18.7 Å². The van der Waals surface area contributed by atoms with Gasteiger partial charge in [-0.15, -0.1) is 0 Å². The standard InChI is InChI=1S/C19H22N2O4S/c1-3-12-20-19(22)17-5-4-6-18-16(17)11-13-21(18)26(23,24)15-9-7-14(25-2)8-10-15/h4-10H,3,11-13H2,1-2H3,(H,20,22). The quantitative estimate of drug-likeness (QED) is 0.843. The fourth-order valence-electron chi connectivity index (χ4n) is 3.08. The van der Waals surface area contributed by atoms with Gasteiger partial charge in [0.15, 0.2) is 0 Å². The van der Waals surface area contributed by atoms with Gasteiger partial charge >= 0.3 is 0 Å². The van der Waals surface area contributed by atoms with E-state index in [4.69, 9.17) is 4.74 Å². The summed E-state index contributed by atoms with van der Waals surface area (Å²) >= 11 is 0. The Morgan fingerprint density at radius 2 is 1.92 bits per heavy atom. The molecule has 0 radical (unpaired) electrons. The Hall–Kier alpha value is -2.54. The molecule has 2 aromatic rings. The lowest BCUT2D eigenvalue weighted by atomic mass is 10.0. The minimum absolute atomic E-state index is 0.160. The Labute approximate surface area is 153 Å². The Morgan fingerprint density at radius 3 is 2.58 bits per heavy atom. The highest BCUT2D eigenvalue weighted by Gasteiger charge is 2.33. The molecule has 138 valence electrons. The monoisotopic (exact) mass is 374 g/mol. The molecule has 1 aliphatic rings. The minimum Gasteiger partial charge on any atom is -0.497 e. The van der Waals surface area contributed by atoms with Gasteiger partial charge in [-0.05, 0) is 54.8 Å². The summed E-state index contributed by atoms with van der Waals surface area (Å²) in [6.07, 6.45) is 1.36. The number of benzene rings is 2. The molecule has 26 heavy (non-hydrogen) atoms. The van der Waals surface area contributed by atoms with Crippen molar-refractivity contribution in [2.75, 3.05) is 24.5 Å². The first-order chi connectivity index (χ1) is 12.5. The lowest BCUT2D eigenvalue weighted by Crippen LogP contribution is -2.29. The van der Waals surface area contributed by atoms with E-state index in [1.165, 1.54) is 23.5 Å². The number of amides is 1. The van der Waals surface area contributed by atoms with E-state index < -0.39 is 10.0 Å². The zero-order valence-corrected chi connectivity index (χ0v) is 15.7. The van der Waals surface area contributed by atoms with Crippen LogP contribution in [0.25, 0.3) is 0 Å². The number of hydrogen-bond donors (Lipinski definition) is 1. The van der Waals surface area contributed by atoms with Crippen LogP contribution in [-0.4, -0.2) is 34.5 Å². The molecule has 1 N–H and O–H groups in total. The van der Waals surface area contributed by atoms with Crippen LogP contribution in [0.1, 0.15) is 29.3 Å². The van der Waals surface area contributed by atoms with Crippen LogP contribution >= 0.6 is 0 Å². The maximum Gasteiger partial charge on any atom is 0.264 e. The third-order valence-corrected chi connectivity index (χ3v) is 6.24. The predicted molar refractivity (Wildman–Crippen MR) is 100 cm³/mol. The van der Waals surface area contributed by atoms with Crippen molar-refractivity contribution in [3.05, 3.63) is 53.6 Å². The first-order valence-corrected chi connectivity index (χ1v) is 10.00. The SMILES string of the molecule is CCCNC(=O)c1cccc2c1CCN2S(=O)(=O)c1ccc(OC)cc1. The Balaban J connectivity index is 1.95. The number of nitrogens with one attached hydrogen (secondary N) is 1. The van der Waals surface area contributed by atoms with E-state index in [0.29, 0.717) is 36.5 Å². The van der Waals surface area contributed by atoms with Crippen molar-refractivity contribution in [1.82, 2.24) is 5.32 Å². The average molecular weight is 374 g/mol. The first kappa shape index (κ1) is 18.3. The van der Waals surface area contributed by atoms with Gasteiger partial charge < -0.3 is 10.1 Å². The van der Waals surface area contributed by atoms with Gasteiger partial charge in [-0.25, -0.2) is 8.42 Å². The summed E-state index contributed by atoms with van der Waals surface area (Å²) in [5.41, 5.74) is 1.89. The van der Waals surface area contributed by atoms with Crippen molar-refractivity contribution in [2.45, 2.75) is 24.7 Å². The van der Waals surface area contributed by atoms with E-state index in [9.17, 15) is 13.2 Å². The molecule has 7 heteroatoms. The summed E-state index contributed by atoms with van der Waals surface area (Å²) < 4.78 is 32.5. The topological polar surface area (TPSA) is 75.7 Å². The highest BCUT2D eigenvalue weighted by Crippen LogP contribution is 2.35. The summed E-state index contributed by atoms with van der Waals surface area (Å²) in [5, 5.41) is 2.86. The lowest BCUT2D eigenvalue weighted by molar-refractivity contribution is 0.0953. The molecule has 2 aromatic carbocycles. The molecular weight excluding hydrogens is 352 g/mol. The highest BCUT2D eigenvalue weighted by molar-refractivity contribution is 7.92. The molecule has 0 atom stereocenters. The summed E-state index contributed by atoms with van der Waals surface area (Å²) in [6.45, 7) is 2.90. The van der Waals surface area contributed by atoms with Crippen LogP contribution < -0.4 is 14.4 Å². The van der Waals surface area contributed by atoms with Crippen molar-refractivity contribution in [3.8, 4) is 5.75 Å². The largest absolute Gasteiger partial charge is 0.497 e. The predicted octanol–water partition coefficient (Wildman–Crippen LogP) is 2.59. The van der Waals surface area contributed by atoms with Crippen molar-refractivity contribution < 1.29 is 17.9 Å². The lowest BCUT2D eigenvalue weighted by Gasteiger charge is -2.20. The number of hydrogen-bond acceptors (Lipinski definition) is 4. The average Bonchev–Trinajstić information content (AvgIpc) is 3.11. The second-order valence-corrected chi connectivity index (χ2v) is 7.92. The van der Waals surface area contributed by atoms with Gasteiger partial charge in [-0.1, -0.05) is 13.0 Å². The van der Waals surface area contributed by atoms with E-state index in [-0.39, 0.29) is 10.8 Å². The molecule has 0 saturated heterocycles. The summed E-state index contributed by atoms with van der Waals surface area (Å²) in [5.74, 6) is 0.438. The number of rotatable bonds is 6. The number of methoxy groups -OCH3 is 1. The Kier molecular flexibility index (Phi) is 5.18. The molecule has 0 bridgehead atoms. The van der Waals surface area contributed by atoms with Gasteiger partial charge in [0.2, 0.25) is 0 Å². The minimum atomic E-state index is -3.69. The fourth-order valence-corrected chi connectivity index (χ4v) is 4.57. The van der Waals surface area contributed by atoms with E-state index in [1.54, 1.807) is 30.3 Å². The first-order valence-electron chi connectivity index (χ1n) is 8.56. The number of nitrogens with zero attached hydrogens (tertiary/aromatic N) is 1. The van der Waals surface area contributed by atoms with Crippen molar-refractivity contribution >= 4 is 21.6 Å². The molecule has 6 nitrogen and oxygen atoms in total. The molecule has 1 heterocycles. The van der Waals surface area contributed by atoms with Crippen molar-refractivity contribution in [2.24, 2.45) is 0 Å². The van der Waals surface area contributed by atoms with Crippen LogP contribution in [-0.2, 0) is 16.4 Å². The van der Waals surface area contributed by atoms with Gasteiger partial charge in [0.05, 0.1) is 17.7 Å². The van der Waals surface area contributed by atoms with Crippen LogP contribution in [0.2, 0.25) is 0 Å². The van der Waals surface area contributed by atoms with E-state index in [2.05, 4.69) is 5.32 Å². The molecule has 0 spiro atoms. The maximum atomic E-state index is 13.0. The van der Waals surface area contributed by atoms with Crippen LogP contribution in [0.5, 0.6) is 5.75 Å².